The molecule has 0 amide bonds. The monoisotopic (exact) mass is 224 g/mol. The van der Waals surface area contributed by atoms with E-state index in [-0.39, 0.29) is 13.2 Å². The van der Waals surface area contributed by atoms with Gasteiger partial charge in [-0.1, -0.05) is 6.58 Å². The van der Waals surface area contributed by atoms with Crippen molar-refractivity contribution in [2.24, 2.45) is 0 Å². The molecule has 1 aromatic heterocycles. The molecule has 0 unspecified atom stereocenters. The molecule has 0 radical (unpaired) electrons. The molecule has 0 aliphatic carbocycles. The Balaban J connectivity index is 2.26. The largest absolute Gasteiger partial charge is 0.461 e. The maximum atomic E-state index is 11.0. The fourth-order valence-corrected chi connectivity index (χ4v) is 1.07. The molecule has 0 bridgehead atoms. The van der Waals surface area contributed by atoms with Gasteiger partial charge in [0.15, 0.2) is 0 Å². The van der Waals surface area contributed by atoms with Gasteiger partial charge in [-0.3, -0.25) is 0 Å². The molecule has 0 aliphatic rings. The van der Waals surface area contributed by atoms with Crippen LogP contribution in [0.25, 0.3) is 0 Å². The Bertz CT molecular complexity index is 371. The molecule has 0 atom stereocenters. The van der Waals surface area contributed by atoms with E-state index in [1.165, 1.54) is 0 Å². The number of ether oxygens (including phenoxy) is 2. The van der Waals surface area contributed by atoms with Crippen LogP contribution in [-0.4, -0.2) is 28.7 Å². The van der Waals surface area contributed by atoms with Gasteiger partial charge in [-0.25, -0.2) is 9.78 Å². The van der Waals surface area contributed by atoms with E-state index in [1.54, 1.807) is 13.1 Å². The lowest BCUT2D eigenvalue weighted by atomic mass is 10.4. The number of nitrogens with zero attached hydrogens (tertiary/aromatic N) is 2. The van der Waals surface area contributed by atoms with Crippen molar-refractivity contribution in [3.63, 3.8) is 0 Å². The first-order chi connectivity index (χ1) is 7.65. The van der Waals surface area contributed by atoms with E-state index in [0.29, 0.717) is 11.6 Å². The van der Waals surface area contributed by atoms with Gasteiger partial charge in [-0.05, 0) is 13.8 Å². The number of aromatic nitrogens is 2. The molecule has 1 rings (SSSR count). The quantitative estimate of drug-likeness (QED) is 0.416. The molecule has 16 heavy (non-hydrogen) atoms. The molecule has 0 aromatic carbocycles. The molecule has 5 heteroatoms. The molecule has 5 nitrogen and oxygen atoms in total. The lowest BCUT2D eigenvalue weighted by Crippen LogP contribution is -2.14. The lowest BCUT2D eigenvalue weighted by Gasteiger charge is -2.07. The highest BCUT2D eigenvalue weighted by Crippen LogP contribution is 2.06. The number of hydrogen-bond acceptors (Lipinski definition) is 4. The summed E-state index contributed by atoms with van der Waals surface area (Å²) in [5.41, 5.74) is 0.384. The van der Waals surface area contributed by atoms with E-state index in [2.05, 4.69) is 11.6 Å². The summed E-state index contributed by atoms with van der Waals surface area (Å²) in [5.74, 6) is -0.401. The zero-order valence-corrected chi connectivity index (χ0v) is 9.60. The van der Waals surface area contributed by atoms with E-state index in [1.807, 2.05) is 17.7 Å². The Labute approximate surface area is 94.7 Å². The summed E-state index contributed by atoms with van der Waals surface area (Å²) in [6.07, 6.45) is 3.49. The van der Waals surface area contributed by atoms with Crippen molar-refractivity contribution in [1.82, 2.24) is 9.55 Å². The summed E-state index contributed by atoms with van der Waals surface area (Å²) < 4.78 is 12.1. The fraction of sp³-hybridized carbons (Fsp3) is 0.455. The van der Waals surface area contributed by atoms with Crippen LogP contribution in [0.2, 0.25) is 0 Å². The van der Waals surface area contributed by atoms with Crippen molar-refractivity contribution in [2.75, 3.05) is 13.2 Å². The second-order valence-corrected chi connectivity index (χ2v) is 3.26. The molecular formula is C11H16N2O3. The Morgan fingerprint density at radius 2 is 2.31 bits per heavy atom. The van der Waals surface area contributed by atoms with Crippen molar-refractivity contribution in [1.29, 1.82) is 0 Å². The second-order valence-electron chi connectivity index (χ2n) is 3.26. The van der Waals surface area contributed by atoms with Gasteiger partial charge in [0.1, 0.15) is 13.2 Å². The molecule has 0 aliphatic heterocycles. The standard InChI is InChI=1S/C11H16N2O3/c1-4-13-6-5-12-11(13)16-8-7-15-10(14)9(2)3/h5-6H,2,4,7-8H2,1,3H3. The number of esters is 1. The highest BCUT2D eigenvalue weighted by molar-refractivity contribution is 5.86. The summed E-state index contributed by atoms with van der Waals surface area (Å²) >= 11 is 0. The Kier molecular flexibility index (Phi) is 4.57. The van der Waals surface area contributed by atoms with Gasteiger partial charge < -0.3 is 14.0 Å². The van der Waals surface area contributed by atoms with E-state index in [0.717, 1.165) is 6.54 Å². The summed E-state index contributed by atoms with van der Waals surface area (Å²) in [4.78, 5) is 15.1. The zero-order valence-electron chi connectivity index (χ0n) is 9.60. The molecule has 0 N–H and O–H groups in total. The van der Waals surface area contributed by atoms with Crippen LogP contribution in [0.1, 0.15) is 13.8 Å². The molecule has 0 saturated heterocycles. The highest BCUT2D eigenvalue weighted by atomic mass is 16.6. The van der Waals surface area contributed by atoms with Crippen LogP contribution < -0.4 is 4.74 Å². The number of carbonyl (C=O) groups excluding carboxylic acids is 1. The average molecular weight is 224 g/mol. The molecule has 0 spiro atoms. The van der Waals surface area contributed by atoms with Crippen molar-refractivity contribution in [3.8, 4) is 6.01 Å². The Morgan fingerprint density at radius 1 is 1.56 bits per heavy atom. The van der Waals surface area contributed by atoms with Gasteiger partial charge in [0.05, 0.1) is 0 Å². The molecule has 88 valence electrons. The second kappa shape index (κ2) is 5.95. The normalized spacial score (nSPS) is 9.88. The highest BCUT2D eigenvalue weighted by Gasteiger charge is 2.04. The smallest absolute Gasteiger partial charge is 0.333 e. The minimum Gasteiger partial charge on any atom is -0.461 e. The van der Waals surface area contributed by atoms with Crippen LogP contribution >= 0.6 is 0 Å². The van der Waals surface area contributed by atoms with Crippen molar-refractivity contribution in [2.45, 2.75) is 20.4 Å². The van der Waals surface area contributed by atoms with Gasteiger partial charge in [0, 0.05) is 24.5 Å². The third kappa shape index (κ3) is 3.42. The first kappa shape index (κ1) is 12.3. The molecule has 0 saturated carbocycles. The third-order valence-electron chi connectivity index (χ3n) is 1.91. The Morgan fingerprint density at radius 3 is 2.94 bits per heavy atom. The third-order valence-corrected chi connectivity index (χ3v) is 1.91. The van der Waals surface area contributed by atoms with Crippen LogP contribution in [0.5, 0.6) is 6.01 Å². The molecule has 1 aromatic rings. The van der Waals surface area contributed by atoms with Gasteiger partial charge in [-0.2, -0.15) is 0 Å². The number of rotatable bonds is 6. The van der Waals surface area contributed by atoms with Crippen molar-refractivity contribution < 1.29 is 14.3 Å². The topological polar surface area (TPSA) is 53.4 Å². The summed E-state index contributed by atoms with van der Waals surface area (Å²) in [5, 5.41) is 0. The number of imidazole rings is 1. The first-order valence-corrected chi connectivity index (χ1v) is 5.11. The van der Waals surface area contributed by atoms with Crippen LogP contribution in [-0.2, 0) is 16.1 Å². The number of hydrogen-bond donors (Lipinski definition) is 0. The average Bonchev–Trinajstić information content (AvgIpc) is 2.71. The summed E-state index contributed by atoms with van der Waals surface area (Å²) in [6, 6.07) is 0.536. The van der Waals surface area contributed by atoms with Crippen LogP contribution in [0.3, 0.4) is 0 Å². The van der Waals surface area contributed by atoms with Gasteiger partial charge >= 0.3 is 5.97 Å². The van der Waals surface area contributed by atoms with Crippen LogP contribution in [0.4, 0.5) is 0 Å². The van der Waals surface area contributed by atoms with E-state index in [4.69, 9.17) is 9.47 Å². The first-order valence-electron chi connectivity index (χ1n) is 5.11. The minimum absolute atomic E-state index is 0.197. The summed E-state index contributed by atoms with van der Waals surface area (Å²) in [7, 11) is 0. The van der Waals surface area contributed by atoms with Crippen LogP contribution in [0, 0.1) is 0 Å². The van der Waals surface area contributed by atoms with Gasteiger partial charge in [-0.15, -0.1) is 0 Å². The SMILES string of the molecule is C=C(C)C(=O)OCCOc1nccn1CC. The molecule has 1 heterocycles. The number of carbonyl (C=O) groups is 1. The van der Waals surface area contributed by atoms with Crippen LogP contribution in [0.15, 0.2) is 24.5 Å². The lowest BCUT2D eigenvalue weighted by molar-refractivity contribution is -0.139. The zero-order chi connectivity index (χ0) is 12.0. The van der Waals surface area contributed by atoms with E-state index >= 15 is 0 Å². The Hall–Kier alpha value is -1.78. The molecular weight excluding hydrogens is 208 g/mol. The maximum Gasteiger partial charge on any atom is 0.333 e. The number of aryl methyl sites for hydroxylation is 1. The van der Waals surface area contributed by atoms with E-state index < -0.39 is 5.97 Å². The fourth-order valence-electron chi connectivity index (χ4n) is 1.07. The predicted molar refractivity (Wildman–Crippen MR) is 59.2 cm³/mol. The van der Waals surface area contributed by atoms with Crippen molar-refractivity contribution >= 4 is 5.97 Å². The minimum atomic E-state index is -0.401. The van der Waals surface area contributed by atoms with Crippen molar-refractivity contribution in [3.05, 3.63) is 24.5 Å². The maximum absolute atomic E-state index is 11.0. The van der Waals surface area contributed by atoms with Gasteiger partial charge in [0.2, 0.25) is 0 Å². The summed E-state index contributed by atoms with van der Waals surface area (Å²) in [6.45, 7) is 8.36. The predicted octanol–water partition coefficient (Wildman–Crippen LogP) is 1.40. The van der Waals surface area contributed by atoms with E-state index in [9.17, 15) is 4.79 Å². The van der Waals surface area contributed by atoms with Gasteiger partial charge in [0.25, 0.3) is 6.01 Å². The molecule has 0 fully saturated rings.